The lowest BCUT2D eigenvalue weighted by molar-refractivity contribution is -0.0679. The lowest BCUT2D eigenvalue weighted by Crippen LogP contribution is -2.47. The summed E-state index contributed by atoms with van der Waals surface area (Å²) >= 11 is 0. The second-order valence-corrected chi connectivity index (χ2v) is 8.71. The van der Waals surface area contributed by atoms with E-state index < -0.39 is 0 Å². The summed E-state index contributed by atoms with van der Waals surface area (Å²) < 4.78 is 5.82. The SMILES string of the molecule is CN=C(NCCCN1CC(C)OC(C)C1)NC1CC(C)N(Cc2ccccc2)C1. The molecule has 2 aliphatic heterocycles. The fraction of sp³-hybridized carbons (Fsp3) is 0.696. The average Bonchev–Trinajstić information content (AvgIpc) is 3.03. The molecule has 0 spiro atoms. The van der Waals surface area contributed by atoms with Gasteiger partial charge in [-0.15, -0.1) is 0 Å². The van der Waals surface area contributed by atoms with Crippen LogP contribution in [0.5, 0.6) is 0 Å². The van der Waals surface area contributed by atoms with Crippen molar-refractivity contribution in [1.82, 2.24) is 20.4 Å². The van der Waals surface area contributed by atoms with Crippen LogP contribution in [0.3, 0.4) is 0 Å². The molecule has 2 aliphatic rings. The van der Waals surface area contributed by atoms with Crippen molar-refractivity contribution in [2.24, 2.45) is 4.99 Å². The van der Waals surface area contributed by atoms with Crippen LogP contribution in [-0.2, 0) is 11.3 Å². The molecule has 6 nitrogen and oxygen atoms in total. The van der Waals surface area contributed by atoms with Gasteiger partial charge in [-0.25, -0.2) is 0 Å². The highest BCUT2D eigenvalue weighted by atomic mass is 16.5. The molecule has 2 fully saturated rings. The first kappa shape index (κ1) is 22.1. The second-order valence-electron chi connectivity index (χ2n) is 8.71. The van der Waals surface area contributed by atoms with Crippen molar-refractivity contribution in [2.75, 3.05) is 39.8 Å². The molecule has 2 saturated heterocycles. The van der Waals surface area contributed by atoms with Gasteiger partial charge in [0.25, 0.3) is 0 Å². The normalized spacial score (nSPS) is 29.2. The summed E-state index contributed by atoms with van der Waals surface area (Å²) in [5.74, 6) is 0.924. The minimum Gasteiger partial charge on any atom is -0.373 e. The molecule has 0 amide bonds. The van der Waals surface area contributed by atoms with Crippen molar-refractivity contribution in [1.29, 1.82) is 0 Å². The molecule has 0 radical (unpaired) electrons. The summed E-state index contributed by atoms with van der Waals surface area (Å²) in [6.45, 7) is 12.8. The monoisotopic (exact) mass is 401 g/mol. The molecule has 6 heteroatoms. The number of morpholine rings is 1. The van der Waals surface area contributed by atoms with E-state index >= 15 is 0 Å². The van der Waals surface area contributed by atoms with Crippen LogP contribution in [0.25, 0.3) is 0 Å². The highest BCUT2D eigenvalue weighted by molar-refractivity contribution is 5.80. The quantitative estimate of drug-likeness (QED) is 0.417. The predicted octanol–water partition coefficient (Wildman–Crippen LogP) is 2.31. The van der Waals surface area contributed by atoms with Gasteiger partial charge in [-0.05, 0) is 39.2 Å². The van der Waals surface area contributed by atoms with Crippen LogP contribution in [-0.4, -0.2) is 79.8 Å². The van der Waals surface area contributed by atoms with E-state index in [0.717, 1.165) is 58.1 Å². The Morgan fingerprint density at radius 1 is 1.10 bits per heavy atom. The number of likely N-dealkylation sites (tertiary alicyclic amines) is 1. The van der Waals surface area contributed by atoms with Gasteiger partial charge in [0.1, 0.15) is 0 Å². The molecule has 162 valence electrons. The average molecular weight is 402 g/mol. The zero-order valence-electron chi connectivity index (χ0n) is 18.6. The maximum Gasteiger partial charge on any atom is 0.191 e. The molecular formula is C23H39N5O. The maximum atomic E-state index is 5.82. The second kappa shape index (κ2) is 11.0. The summed E-state index contributed by atoms with van der Waals surface area (Å²) in [5.41, 5.74) is 1.38. The van der Waals surface area contributed by atoms with E-state index in [1.807, 2.05) is 7.05 Å². The molecule has 4 atom stereocenters. The maximum absolute atomic E-state index is 5.82. The first-order valence-electron chi connectivity index (χ1n) is 11.2. The van der Waals surface area contributed by atoms with Crippen LogP contribution >= 0.6 is 0 Å². The van der Waals surface area contributed by atoms with E-state index in [9.17, 15) is 0 Å². The highest BCUT2D eigenvalue weighted by Crippen LogP contribution is 2.20. The van der Waals surface area contributed by atoms with Crippen LogP contribution in [0, 0.1) is 0 Å². The van der Waals surface area contributed by atoms with E-state index in [2.05, 4.69) is 76.5 Å². The predicted molar refractivity (Wildman–Crippen MR) is 120 cm³/mol. The van der Waals surface area contributed by atoms with Crippen LogP contribution in [0.4, 0.5) is 0 Å². The van der Waals surface area contributed by atoms with Gasteiger partial charge in [-0.3, -0.25) is 14.8 Å². The van der Waals surface area contributed by atoms with Crippen LogP contribution in [0.15, 0.2) is 35.3 Å². The molecule has 3 rings (SSSR count). The lowest BCUT2D eigenvalue weighted by atomic mass is 10.2. The van der Waals surface area contributed by atoms with E-state index in [1.54, 1.807) is 0 Å². The Morgan fingerprint density at radius 2 is 1.83 bits per heavy atom. The molecule has 0 saturated carbocycles. The van der Waals surface area contributed by atoms with Gasteiger partial charge < -0.3 is 15.4 Å². The van der Waals surface area contributed by atoms with Gasteiger partial charge in [0.2, 0.25) is 0 Å². The third-order valence-electron chi connectivity index (χ3n) is 5.94. The highest BCUT2D eigenvalue weighted by Gasteiger charge is 2.29. The molecule has 2 N–H and O–H groups in total. The third kappa shape index (κ3) is 6.98. The first-order valence-corrected chi connectivity index (χ1v) is 11.2. The number of hydrogen-bond acceptors (Lipinski definition) is 4. The smallest absolute Gasteiger partial charge is 0.191 e. The Balaban J connectivity index is 1.36. The minimum atomic E-state index is 0.337. The molecule has 1 aromatic carbocycles. The Morgan fingerprint density at radius 3 is 2.52 bits per heavy atom. The third-order valence-corrected chi connectivity index (χ3v) is 5.94. The zero-order chi connectivity index (χ0) is 20.6. The molecule has 0 aliphatic carbocycles. The van der Waals surface area contributed by atoms with Crippen LogP contribution in [0.1, 0.15) is 39.2 Å². The summed E-state index contributed by atoms with van der Waals surface area (Å²) in [7, 11) is 1.86. The van der Waals surface area contributed by atoms with Crippen molar-refractivity contribution in [2.45, 2.75) is 64.4 Å². The Bertz CT molecular complexity index is 627. The van der Waals surface area contributed by atoms with Crippen molar-refractivity contribution in [3.05, 3.63) is 35.9 Å². The van der Waals surface area contributed by atoms with Gasteiger partial charge in [-0.2, -0.15) is 0 Å². The molecule has 2 heterocycles. The van der Waals surface area contributed by atoms with Gasteiger partial charge in [-0.1, -0.05) is 30.3 Å². The summed E-state index contributed by atoms with van der Waals surface area (Å²) in [6, 6.07) is 11.8. The Labute approximate surface area is 176 Å². The number of aliphatic imine (C=N–C) groups is 1. The molecule has 0 bridgehead atoms. The van der Waals surface area contributed by atoms with Gasteiger partial charge >= 0.3 is 0 Å². The summed E-state index contributed by atoms with van der Waals surface area (Å²) in [5, 5.41) is 7.13. The molecule has 4 unspecified atom stereocenters. The molecule has 29 heavy (non-hydrogen) atoms. The lowest BCUT2D eigenvalue weighted by Gasteiger charge is -2.35. The van der Waals surface area contributed by atoms with E-state index in [0.29, 0.717) is 24.3 Å². The number of rotatable bonds is 7. The molecule has 0 aromatic heterocycles. The zero-order valence-corrected chi connectivity index (χ0v) is 18.6. The minimum absolute atomic E-state index is 0.337. The largest absolute Gasteiger partial charge is 0.373 e. The van der Waals surface area contributed by atoms with Crippen molar-refractivity contribution in [3.8, 4) is 0 Å². The first-order chi connectivity index (χ1) is 14.0. The van der Waals surface area contributed by atoms with Crippen LogP contribution in [0.2, 0.25) is 0 Å². The van der Waals surface area contributed by atoms with Gasteiger partial charge in [0.15, 0.2) is 5.96 Å². The van der Waals surface area contributed by atoms with E-state index in [-0.39, 0.29) is 0 Å². The Hall–Kier alpha value is -1.63. The number of benzene rings is 1. The number of ether oxygens (including phenoxy) is 1. The van der Waals surface area contributed by atoms with Crippen molar-refractivity contribution in [3.63, 3.8) is 0 Å². The number of nitrogens with one attached hydrogen (secondary N) is 2. The fourth-order valence-electron chi connectivity index (χ4n) is 4.61. The summed E-state index contributed by atoms with van der Waals surface area (Å²) in [4.78, 5) is 9.50. The molecule has 1 aromatic rings. The summed E-state index contributed by atoms with van der Waals surface area (Å²) in [6.07, 6.45) is 2.94. The Kier molecular flexibility index (Phi) is 8.33. The number of nitrogens with zero attached hydrogens (tertiary/aromatic N) is 3. The number of guanidine groups is 1. The van der Waals surface area contributed by atoms with Crippen molar-refractivity contribution < 1.29 is 4.74 Å². The van der Waals surface area contributed by atoms with Crippen LogP contribution < -0.4 is 10.6 Å². The molecular weight excluding hydrogens is 362 g/mol. The van der Waals surface area contributed by atoms with Gasteiger partial charge in [0, 0.05) is 58.4 Å². The fourth-order valence-corrected chi connectivity index (χ4v) is 4.61. The van der Waals surface area contributed by atoms with E-state index in [1.165, 1.54) is 5.56 Å². The topological polar surface area (TPSA) is 52.1 Å². The standard InChI is InChI=1S/C23H39N5O/c1-18-13-22(17-28(18)16-21-9-6-5-7-10-21)26-23(24-4)25-11-8-12-27-14-19(2)29-20(3)15-27/h5-7,9-10,18-20,22H,8,11-17H2,1-4H3,(H2,24,25,26). The number of hydrogen-bond donors (Lipinski definition) is 2. The van der Waals surface area contributed by atoms with Crippen molar-refractivity contribution >= 4 is 5.96 Å². The van der Waals surface area contributed by atoms with E-state index in [4.69, 9.17) is 4.74 Å². The van der Waals surface area contributed by atoms with Gasteiger partial charge in [0.05, 0.1) is 12.2 Å².